The van der Waals surface area contributed by atoms with Gasteiger partial charge in [0.1, 0.15) is 0 Å². The van der Waals surface area contributed by atoms with Crippen LogP contribution in [0.25, 0.3) is 0 Å². The van der Waals surface area contributed by atoms with Crippen molar-refractivity contribution >= 4 is 21.9 Å². The van der Waals surface area contributed by atoms with E-state index in [9.17, 15) is 0 Å². The molecule has 6 heteroatoms. The summed E-state index contributed by atoms with van der Waals surface area (Å²) in [5.41, 5.74) is 1.41. The van der Waals surface area contributed by atoms with Crippen molar-refractivity contribution in [2.24, 2.45) is 4.99 Å². The van der Waals surface area contributed by atoms with Crippen molar-refractivity contribution in [2.45, 2.75) is 43.6 Å². The molecule has 0 bridgehead atoms. The molecular weight excluding hydrogens is 394 g/mol. The molecule has 2 N–H and O–H groups in total. The lowest BCUT2D eigenvalue weighted by molar-refractivity contribution is -0.0828. The van der Waals surface area contributed by atoms with Gasteiger partial charge in [-0.05, 0) is 31.4 Å². The average molecular weight is 424 g/mol. The van der Waals surface area contributed by atoms with Gasteiger partial charge >= 0.3 is 0 Å². The molecule has 1 saturated carbocycles. The van der Waals surface area contributed by atoms with E-state index in [1.165, 1.54) is 22.9 Å². The van der Waals surface area contributed by atoms with Crippen molar-refractivity contribution in [2.75, 3.05) is 40.0 Å². The molecule has 1 heterocycles. The molecule has 0 spiro atoms. The number of hydrogen-bond donors (Lipinski definition) is 2. The molecule has 0 atom stereocenters. The number of nitrogens with one attached hydrogen (secondary N) is 2. The van der Waals surface area contributed by atoms with E-state index in [1.807, 2.05) is 0 Å². The van der Waals surface area contributed by atoms with Gasteiger partial charge in [-0.3, -0.25) is 4.99 Å². The van der Waals surface area contributed by atoms with Crippen molar-refractivity contribution in [3.05, 3.63) is 34.3 Å². The predicted molar refractivity (Wildman–Crippen MR) is 109 cm³/mol. The second-order valence-electron chi connectivity index (χ2n) is 7.31. The monoisotopic (exact) mass is 423 g/mol. The van der Waals surface area contributed by atoms with E-state index in [4.69, 9.17) is 14.5 Å². The molecule has 5 nitrogen and oxygen atoms in total. The standard InChI is InChI=1S/C20H30BrN3O2/c1-3-22-18(24-15-20(25-2)10-12-26-13-11-20)23-14-19(8-9-19)16-6-4-5-7-17(16)21/h4-7H,3,8-15H2,1-2H3,(H2,22,23,24). The van der Waals surface area contributed by atoms with Crippen LogP contribution in [0, 0.1) is 0 Å². The molecule has 2 aliphatic rings. The maximum atomic E-state index is 5.80. The minimum atomic E-state index is -0.194. The van der Waals surface area contributed by atoms with Crippen molar-refractivity contribution in [3.63, 3.8) is 0 Å². The van der Waals surface area contributed by atoms with Crippen LogP contribution in [0.3, 0.4) is 0 Å². The van der Waals surface area contributed by atoms with Crippen LogP contribution in [0.4, 0.5) is 0 Å². The van der Waals surface area contributed by atoms with Gasteiger partial charge in [0.15, 0.2) is 5.96 Å². The highest BCUT2D eigenvalue weighted by atomic mass is 79.9. The second-order valence-corrected chi connectivity index (χ2v) is 8.16. The Morgan fingerprint density at radius 2 is 1.92 bits per heavy atom. The van der Waals surface area contributed by atoms with Gasteiger partial charge in [0, 0.05) is 56.1 Å². The fourth-order valence-electron chi connectivity index (χ4n) is 3.57. The fraction of sp³-hybridized carbons (Fsp3) is 0.650. The first-order chi connectivity index (χ1) is 12.6. The Morgan fingerprint density at radius 1 is 1.19 bits per heavy atom. The summed E-state index contributed by atoms with van der Waals surface area (Å²) in [5.74, 6) is 0.869. The molecule has 0 amide bonds. The van der Waals surface area contributed by atoms with Crippen molar-refractivity contribution in [3.8, 4) is 0 Å². The van der Waals surface area contributed by atoms with Crippen molar-refractivity contribution < 1.29 is 9.47 Å². The SMILES string of the molecule is CCNC(=NCC1(OC)CCOCC1)NCC1(c2ccccc2Br)CC1. The Morgan fingerprint density at radius 3 is 2.54 bits per heavy atom. The quantitative estimate of drug-likeness (QED) is 0.521. The van der Waals surface area contributed by atoms with Gasteiger partial charge in [0.05, 0.1) is 12.1 Å². The molecule has 0 unspecified atom stereocenters. The van der Waals surface area contributed by atoms with Gasteiger partial charge in [0.2, 0.25) is 0 Å². The molecule has 3 rings (SSSR count). The summed E-state index contributed by atoms with van der Waals surface area (Å²) in [5, 5.41) is 6.93. The summed E-state index contributed by atoms with van der Waals surface area (Å²) in [7, 11) is 1.79. The molecular formula is C20H30BrN3O2. The summed E-state index contributed by atoms with van der Waals surface area (Å²) in [6, 6.07) is 8.54. The van der Waals surface area contributed by atoms with E-state index in [0.29, 0.717) is 6.54 Å². The van der Waals surface area contributed by atoms with Crippen LogP contribution in [0.15, 0.2) is 33.7 Å². The van der Waals surface area contributed by atoms with Crippen LogP contribution in [0.2, 0.25) is 0 Å². The van der Waals surface area contributed by atoms with Gasteiger partial charge < -0.3 is 20.1 Å². The van der Waals surface area contributed by atoms with E-state index in [1.54, 1.807) is 7.11 Å². The second kappa shape index (κ2) is 8.72. The van der Waals surface area contributed by atoms with Crippen molar-refractivity contribution in [1.82, 2.24) is 10.6 Å². The molecule has 1 aliphatic carbocycles. The van der Waals surface area contributed by atoms with Gasteiger partial charge in [-0.1, -0.05) is 34.1 Å². The van der Waals surface area contributed by atoms with Crippen LogP contribution in [-0.4, -0.2) is 51.5 Å². The number of halogens is 1. The number of ether oxygens (including phenoxy) is 2. The Balaban J connectivity index is 1.64. The molecule has 0 radical (unpaired) electrons. The first kappa shape index (κ1) is 19.6. The smallest absolute Gasteiger partial charge is 0.191 e. The first-order valence-electron chi connectivity index (χ1n) is 9.53. The number of benzene rings is 1. The Hall–Kier alpha value is -1.11. The Labute approximate surface area is 165 Å². The number of methoxy groups -OCH3 is 1. The minimum absolute atomic E-state index is 0.194. The molecule has 1 aliphatic heterocycles. The maximum Gasteiger partial charge on any atom is 0.191 e. The molecule has 26 heavy (non-hydrogen) atoms. The average Bonchev–Trinajstić information content (AvgIpc) is 3.46. The van der Waals surface area contributed by atoms with Crippen LogP contribution in [-0.2, 0) is 14.9 Å². The van der Waals surface area contributed by atoms with Gasteiger partial charge in [-0.25, -0.2) is 0 Å². The van der Waals surface area contributed by atoms with E-state index < -0.39 is 0 Å². The zero-order valence-corrected chi connectivity index (χ0v) is 17.4. The fourth-order valence-corrected chi connectivity index (χ4v) is 4.28. The molecule has 144 valence electrons. The maximum absolute atomic E-state index is 5.80. The minimum Gasteiger partial charge on any atom is -0.381 e. The normalized spacial score (nSPS) is 21.3. The third kappa shape index (κ3) is 4.59. The van der Waals surface area contributed by atoms with Gasteiger partial charge in [-0.2, -0.15) is 0 Å². The third-order valence-corrected chi connectivity index (χ3v) is 6.29. The van der Waals surface area contributed by atoms with E-state index in [0.717, 1.165) is 45.1 Å². The Bertz CT molecular complexity index is 625. The summed E-state index contributed by atoms with van der Waals surface area (Å²) in [6.07, 6.45) is 4.21. The van der Waals surface area contributed by atoms with Crippen LogP contribution in [0.5, 0.6) is 0 Å². The number of guanidine groups is 1. The van der Waals surface area contributed by atoms with E-state index >= 15 is 0 Å². The summed E-state index contributed by atoms with van der Waals surface area (Å²) >= 11 is 3.71. The number of rotatable bonds is 7. The highest BCUT2D eigenvalue weighted by molar-refractivity contribution is 9.10. The largest absolute Gasteiger partial charge is 0.381 e. The lowest BCUT2D eigenvalue weighted by Gasteiger charge is -2.34. The molecule has 0 aromatic heterocycles. The van der Waals surface area contributed by atoms with Crippen molar-refractivity contribution in [1.29, 1.82) is 0 Å². The van der Waals surface area contributed by atoms with E-state index in [-0.39, 0.29) is 11.0 Å². The molecule has 1 aromatic rings. The highest BCUT2D eigenvalue weighted by Gasteiger charge is 2.45. The lowest BCUT2D eigenvalue weighted by atomic mass is 9.94. The summed E-state index contributed by atoms with van der Waals surface area (Å²) < 4.78 is 12.5. The zero-order chi connectivity index (χ0) is 18.5. The number of hydrogen-bond acceptors (Lipinski definition) is 3. The number of aliphatic imine (C=N–C) groups is 1. The van der Waals surface area contributed by atoms with Gasteiger partial charge in [0.25, 0.3) is 0 Å². The van der Waals surface area contributed by atoms with Gasteiger partial charge in [-0.15, -0.1) is 0 Å². The highest BCUT2D eigenvalue weighted by Crippen LogP contribution is 2.49. The molecule has 2 fully saturated rings. The first-order valence-corrected chi connectivity index (χ1v) is 10.3. The molecule has 1 saturated heterocycles. The zero-order valence-electron chi connectivity index (χ0n) is 15.8. The van der Waals surface area contributed by atoms with Crippen LogP contribution < -0.4 is 10.6 Å². The predicted octanol–water partition coefficient (Wildman–Crippen LogP) is 3.23. The molecule has 1 aromatic carbocycles. The van der Waals surface area contributed by atoms with Crippen LogP contribution in [0.1, 0.15) is 38.2 Å². The lowest BCUT2D eigenvalue weighted by Crippen LogP contribution is -2.45. The summed E-state index contributed by atoms with van der Waals surface area (Å²) in [6.45, 7) is 5.99. The van der Waals surface area contributed by atoms with E-state index in [2.05, 4.69) is 57.8 Å². The number of nitrogens with zero attached hydrogens (tertiary/aromatic N) is 1. The summed E-state index contributed by atoms with van der Waals surface area (Å²) in [4.78, 5) is 4.83. The third-order valence-electron chi connectivity index (χ3n) is 5.60. The topological polar surface area (TPSA) is 54.9 Å². The Kier molecular flexibility index (Phi) is 6.59. The van der Waals surface area contributed by atoms with Crippen LogP contribution >= 0.6 is 15.9 Å².